The highest BCUT2D eigenvalue weighted by molar-refractivity contribution is 9.10. The number of rotatable bonds is 4. The van der Waals surface area contributed by atoms with Crippen LogP contribution < -0.4 is 11.1 Å². The number of nitrogens with one attached hydrogen (secondary N) is 1. The molecule has 0 unspecified atom stereocenters. The SMILES string of the molecule is CSC1(CNC(=O)c2sc3ccc(Br)cc3c2N)CC1. The summed E-state index contributed by atoms with van der Waals surface area (Å²) in [5.41, 5.74) is 6.70. The maximum atomic E-state index is 12.3. The van der Waals surface area contributed by atoms with E-state index in [2.05, 4.69) is 27.5 Å². The minimum Gasteiger partial charge on any atom is -0.397 e. The zero-order valence-electron chi connectivity index (χ0n) is 11.0. The highest BCUT2D eigenvalue weighted by Gasteiger charge is 2.42. The molecule has 3 rings (SSSR count). The van der Waals surface area contributed by atoms with Crippen molar-refractivity contribution in [1.29, 1.82) is 0 Å². The first-order valence-electron chi connectivity index (χ1n) is 6.35. The highest BCUT2D eigenvalue weighted by atomic mass is 79.9. The van der Waals surface area contributed by atoms with Crippen molar-refractivity contribution in [2.45, 2.75) is 17.6 Å². The van der Waals surface area contributed by atoms with Crippen molar-refractivity contribution >= 4 is 60.7 Å². The predicted octanol–water partition coefficient (Wildman–Crippen LogP) is 3.87. The summed E-state index contributed by atoms with van der Waals surface area (Å²) >= 11 is 6.73. The zero-order chi connectivity index (χ0) is 14.3. The summed E-state index contributed by atoms with van der Waals surface area (Å²) in [7, 11) is 0. The summed E-state index contributed by atoms with van der Waals surface area (Å²) in [4.78, 5) is 12.9. The number of fused-ring (bicyclic) bond motifs is 1. The summed E-state index contributed by atoms with van der Waals surface area (Å²) in [5, 5.41) is 3.97. The number of hydrogen-bond acceptors (Lipinski definition) is 4. The van der Waals surface area contributed by atoms with Gasteiger partial charge in [0.25, 0.3) is 5.91 Å². The Morgan fingerprint density at radius 1 is 1.55 bits per heavy atom. The fourth-order valence-electron chi connectivity index (χ4n) is 2.17. The number of benzene rings is 1. The van der Waals surface area contributed by atoms with Crippen LogP contribution in [0.4, 0.5) is 5.69 Å². The van der Waals surface area contributed by atoms with Crippen LogP contribution in [0.3, 0.4) is 0 Å². The Morgan fingerprint density at radius 2 is 2.30 bits per heavy atom. The quantitative estimate of drug-likeness (QED) is 0.858. The third-order valence-electron chi connectivity index (χ3n) is 3.71. The molecular weight excluding hydrogens is 356 g/mol. The van der Waals surface area contributed by atoms with Gasteiger partial charge < -0.3 is 11.1 Å². The molecule has 1 aliphatic rings. The van der Waals surface area contributed by atoms with Crippen LogP contribution in [0, 0.1) is 0 Å². The van der Waals surface area contributed by atoms with Gasteiger partial charge in [-0.1, -0.05) is 15.9 Å². The van der Waals surface area contributed by atoms with Gasteiger partial charge in [0.1, 0.15) is 4.88 Å². The summed E-state index contributed by atoms with van der Waals surface area (Å²) in [6.07, 6.45) is 4.47. The van der Waals surface area contributed by atoms with Crippen molar-refractivity contribution in [3.8, 4) is 0 Å². The molecule has 6 heteroatoms. The molecular formula is C14H15BrN2OS2. The minimum absolute atomic E-state index is 0.0554. The summed E-state index contributed by atoms with van der Waals surface area (Å²) < 4.78 is 2.28. The molecule has 1 aliphatic carbocycles. The van der Waals surface area contributed by atoms with Crippen molar-refractivity contribution in [1.82, 2.24) is 5.32 Å². The molecule has 1 amide bonds. The standard InChI is InChI=1S/C14H15BrN2OS2/c1-19-14(4-5-14)7-17-13(18)12-11(16)9-6-8(15)2-3-10(9)20-12/h2-3,6H,4-5,7,16H2,1H3,(H,17,18). The van der Waals surface area contributed by atoms with E-state index < -0.39 is 0 Å². The van der Waals surface area contributed by atoms with Crippen LogP contribution >= 0.6 is 39.0 Å². The molecule has 0 radical (unpaired) electrons. The van der Waals surface area contributed by atoms with E-state index in [4.69, 9.17) is 5.73 Å². The van der Waals surface area contributed by atoms with E-state index in [1.165, 1.54) is 24.2 Å². The maximum Gasteiger partial charge on any atom is 0.263 e. The highest BCUT2D eigenvalue weighted by Crippen LogP contribution is 2.46. The zero-order valence-corrected chi connectivity index (χ0v) is 14.3. The normalized spacial score (nSPS) is 16.3. The van der Waals surface area contributed by atoms with Crippen molar-refractivity contribution in [3.63, 3.8) is 0 Å². The Bertz CT molecular complexity index is 679. The summed E-state index contributed by atoms with van der Waals surface area (Å²) in [6, 6.07) is 5.91. The van der Waals surface area contributed by atoms with Gasteiger partial charge in [0.15, 0.2) is 0 Å². The molecule has 3 nitrogen and oxygen atoms in total. The Morgan fingerprint density at radius 3 is 2.95 bits per heavy atom. The molecule has 106 valence electrons. The van der Waals surface area contributed by atoms with Gasteiger partial charge in [0, 0.05) is 25.9 Å². The van der Waals surface area contributed by atoms with Gasteiger partial charge in [0.05, 0.1) is 5.69 Å². The van der Waals surface area contributed by atoms with Gasteiger partial charge in [0.2, 0.25) is 0 Å². The van der Waals surface area contributed by atoms with Crippen LogP contribution in [-0.4, -0.2) is 23.5 Å². The van der Waals surface area contributed by atoms with Gasteiger partial charge in [-0.3, -0.25) is 4.79 Å². The molecule has 20 heavy (non-hydrogen) atoms. The molecule has 1 aromatic heterocycles. The average molecular weight is 371 g/mol. The number of halogens is 1. The number of carbonyl (C=O) groups is 1. The van der Waals surface area contributed by atoms with Crippen LogP contribution in [0.25, 0.3) is 10.1 Å². The van der Waals surface area contributed by atoms with E-state index in [1.807, 2.05) is 30.0 Å². The van der Waals surface area contributed by atoms with Crippen LogP contribution in [0.2, 0.25) is 0 Å². The van der Waals surface area contributed by atoms with Gasteiger partial charge in [-0.05, 0) is 37.3 Å². The maximum absolute atomic E-state index is 12.3. The Labute approximate surface area is 134 Å². The van der Waals surface area contributed by atoms with Crippen LogP contribution in [0.15, 0.2) is 22.7 Å². The van der Waals surface area contributed by atoms with Crippen LogP contribution in [0.1, 0.15) is 22.5 Å². The third kappa shape index (κ3) is 2.56. The lowest BCUT2D eigenvalue weighted by molar-refractivity contribution is 0.0958. The van der Waals surface area contributed by atoms with Gasteiger partial charge in [-0.25, -0.2) is 0 Å². The molecule has 0 spiro atoms. The number of amides is 1. The van der Waals surface area contributed by atoms with Gasteiger partial charge in [-0.2, -0.15) is 11.8 Å². The van der Waals surface area contributed by atoms with E-state index in [9.17, 15) is 4.79 Å². The Hall–Kier alpha value is -0.720. The Balaban J connectivity index is 1.82. The summed E-state index contributed by atoms with van der Waals surface area (Å²) in [6.45, 7) is 0.727. The molecule has 0 atom stereocenters. The lowest BCUT2D eigenvalue weighted by atomic mass is 10.2. The third-order valence-corrected chi connectivity index (χ3v) is 6.80. The number of thiophene rings is 1. The van der Waals surface area contributed by atoms with Crippen molar-refractivity contribution < 1.29 is 4.79 Å². The fourth-order valence-corrected chi connectivity index (χ4v) is 4.28. The number of hydrogen-bond donors (Lipinski definition) is 2. The van der Waals surface area contributed by atoms with E-state index in [1.54, 1.807) is 0 Å². The minimum atomic E-state index is -0.0554. The van der Waals surface area contributed by atoms with Gasteiger partial charge in [-0.15, -0.1) is 11.3 Å². The van der Waals surface area contributed by atoms with E-state index in [0.29, 0.717) is 10.6 Å². The first kappa shape index (κ1) is 14.2. The second-order valence-corrected chi connectivity index (χ2v) is 8.30. The molecule has 0 aliphatic heterocycles. The second-order valence-electron chi connectivity index (χ2n) is 5.06. The lowest BCUT2D eigenvalue weighted by Crippen LogP contribution is -2.31. The molecule has 0 saturated heterocycles. The fraction of sp³-hybridized carbons (Fsp3) is 0.357. The van der Waals surface area contributed by atoms with Crippen molar-refractivity contribution in [2.24, 2.45) is 0 Å². The number of thioether (sulfide) groups is 1. The number of anilines is 1. The largest absolute Gasteiger partial charge is 0.397 e. The molecule has 1 saturated carbocycles. The van der Waals surface area contributed by atoms with Crippen molar-refractivity contribution in [2.75, 3.05) is 18.5 Å². The topological polar surface area (TPSA) is 55.1 Å². The predicted molar refractivity (Wildman–Crippen MR) is 91.8 cm³/mol. The van der Waals surface area contributed by atoms with Crippen molar-refractivity contribution in [3.05, 3.63) is 27.5 Å². The average Bonchev–Trinajstić information content (AvgIpc) is 3.16. The van der Waals surface area contributed by atoms with E-state index >= 15 is 0 Å². The monoisotopic (exact) mass is 370 g/mol. The lowest BCUT2D eigenvalue weighted by Gasteiger charge is -2.12. The molecule has 0 bridgehead atoms. The first-order valence-corrected chi connectivity index (χ1v) is 9.19. The van der Waals surface area contributed by atoms with E-state index in [0.717, 1.165) is 21.1 Å². The number of carbonyl (C=O) groups excluding carboxylic acids is 1. The van der Waals surface area contributed by atoms with E-state index in [-0.39, 0.29) is 10.7 Å². The van der Waals surface area contributed by atoms with Crippen LogP contribution in [0.5, 0.6) is 0 Å². The molecule has 1 fully saturated rings. The Kier molecular flexibility index (Phi) is 3.73. The molecule has 1 heterocycles. The molecule has 1 aromatic carbocycles. The van der Waals surface area contributed by atoms with Crippen LogP contribution in [-0.2, 0) is 0 Å². The summed E-state index contributed by atoms with van der Waals surface area (Å²) in [5.74, 6) is -0.0554. The number of nitrogen functional groups attached to an aromatic ring is 1. The molecule has 3 N–H and O–H groups in total. The molecule has 2 aromatic rings. The first-order chi connectivity index (χ1) is 9.54. The smallest absolute Gasteiger partial charge is 0.263 e. The second kappa shape index (κ2) is 5.24. The van der Waals surface area contributed by atoms with Gasteiger partial charge >= 0.3 is 0 Å². The number of nitrogens with two attached hydrogens (primary N) is 1.